The van der Waals surface area contributed by atoms with Crippen LogP contribution in [0.1, 0.15) is 40.6 Å². The number of hydrogen-bond acceptors (Lipinski definition) is 4. The predicted molar refractivity (Wildman–Crippen MR) is 106 cm³/mol. The minimum atomic E-state index is -0.254. The number of carbonyl (C=O) groups is 1. The Morgan fingerprint density at radius 2 is 1.96 bits per heavy atom. The molecule has 27 heavy (non-hydrogen) atoms. The van der Waals surface area contributed by atoms with Crippen molar-refractivity contribution in [3.8, 4) is 5.75 Å². The van der Waals surface area contributed by atoms with Crippen LogP contribution in [0.25, 0.3) is 0 Å². The van der Waals surface area contributed by atoms with Gasteiger partial charge in [0.05, 0.1) is 12.2 Å². The predicted octanol–water partition coefficient (Wildman–Crippen LogP) is 5.30. The summed E-state index contributed by atoms with van der Waals surface area (Å²) in [6, 6.07) is 13.6. The zero-order chi connectivity index (χ0) is 19.1. The molecule has 0 bridgehead atoms. The zero-order valence-electron chi connectivity index (χ0n) is 15.1. The van der Waals surface area contributed by atoms with Crippen LogP contribution in [-0.4, -0.2) is 17.5 Å². The number of carbonyl (C=O) groups excluding carboxylic acids is 1. The average Bonchev–Trinajstić information content (AvgIpc) is 3.11. The van der Waals surface area contributed by atoms with Gasteiger partial charge in [-0.1, -0.05) is 37.6 Å². The number of halogens is 1. The van der Waals surface area contributed by atoms with Gasteiger partial charge in [0.2, 0.25) is 0 Å². The molecule has 0 unspecified atom stereocenters. The normalized spacial score (nSPS) is 10.6. The van der Waals surface area contributed by atoms with Gasteiger partial charge in [0, 0.05) is 17.5 Å². The lowest BCUT2D eigenvalue weighted by atomic mass is 10.1. The van der Waals surface area contributed by atoms with E-state index in [0.29, 0.717) is 29.5 Å². The number of nitrogens with one attached hydrogen (secondary N) is 1. The number of benzene rings is 2. The van der Waals surface area contributed by atoms with Gasteiger partial charge < -0.3 is 4.74 Å². The molecular formula is C21H21FN2O2S. The zero-order valence-corrected chi connectivity index (χ0v) is 15.9. The van der Waals surface area contributed by atoms with Crippen molar-refractivity contribution in [1.82, 2.24) is 4.98 Å². The van der Waals surface area contributed by atoms with E-state index in [1.165, 1.54) is 23.5 Å². The summed E-state index contributed by atoms with van der Waals surface area (Å²) in [6.45, 7) is 2.67. The second-order valence-corrected chi connectivity index (χ2v) is 7.20. The minimum absolute atomic E-state index is 0.246. The first-order chi connectivity index (χ1) is 13.2. The highest BCUT2D eigenvalue weighted by Crippen LogP contribution is 2.24. The third-order valence-corrected chi connectivity index (χ3v) is 4.87. The summed E-state index contributed by atoms with van der Waals surface area (Å²) in [5.41, 5.74) is 1.48. The highest BCUT2D eigenvalue weighted by molar-refractivity contribution is 7.15. The Labute approximate surface area is 162 Å². The summed E-state index contributed by atoms with van der Waals surface area (Å²) in [7, 11) is 0. The third-order valence-electron chi connectivity index (χ3n) is 3.95. The topological polar surface area (TPSA) is 51.2 Å². The lowest BCUT2D eigenvalue weighted by Gasteiger charge is -2.10. The molecule has 0 saturated heterocycles. The molecule has 1 N–H and O–H groups in total. The molecule has 2 aromatic carbocycles. The van der Waals surface area contributed by atoms with Crippen molar-refractivity contribution in [2.24, 2.45) is 0 Å². The second kappa shape index (κ2) is 9.28. The number of anilines is 1. The summed E-state index contributed by atoms with van der Waals surface area (Å²) >= 11 is 1.40. The summed E-state index contributed by atoms with van der Waals surface area (Å²) in [5.74, 6) is 0.0761. The van der Waals surface area contributed by atoms with Crippen LogP contribution in [-0.2, 0) is 6.42 Å². The first-order valence-corrected chi connectivity index (χ1v) is 9.69. The second-order valence-electron chi connectivity index (χ2n) is 6.09. The van der Waals surface area contributed by atoms with Crippen molar-refractivity contribution >= 4 is 22.4 Å². The Bertz CT molecular complexity index is 893. The SMILES string of the molecule is CCCCOc1ccccc1C(=O)Nc1ncc(Cc2ccc(F)cc2)s1. The summed E-state index contributed by atoms with van der Waals surface area (Å²) in [6.07, 6.45) is 4.34. The van der Waals surface area contributed by atoms with Crippen LogP contribution in [0, 0.1) is 5.82 Å². The van der Waals surface area contributed by atoms with E-state index in [0.717, 1.165) is 23.3 Å². The van der Waals surface area contributed by atoms with Crippen molar-refractivity contribution in [2.45, 2.75) is 26.2 Å². The van der Waals surface area contributed by atoms with Crippen LogP contribution in [0.15, 0.2) is 54.7 Å². The van der Waals surface area contributed by atoms with E-state index >= 15 is 0 Å². The van der Waals surface area contributed by atoms with Gasteiger partial charge in [0.15, 0.2) is 5.13 Å². The van der Waals surface area contributed by atoms with Gasteiger partial charge in [-0.15, -0.1) is 11.3 Å². The highest BCUT2D eigenvalue weighted by atomic mass is 32.1. The molecule has 1 aromatic heterocycles. The molecule has 1 heterocycles. The van der Waals surface area contributed by atoms with Crippen LogP contribution in [0.2, 0.25) is 0 Å². The molecule has 0 aliphatic rings. The van der Waals surface area contributed by atoms with Crippen molar-refractivity contribution in [2.75, 3.05) is 11.9 Å². The lowest BCUT2D eigenvalue weighted by Crippen LogP contribution is -2.13. The molecular weight excluding hydrogens is 363 g/mol. The lowest BCUT2D eigenvalue weighted by molar-refractivity contribution is 0.102. The summed E-state index contributed by atoms with van der Waals surface area (Å²) in [4.78, 5) is 17.9. The van der Waals surface area contributed by atoms with E-state index in [1.807, 2.05) is 12.1 Å². The van der Waals surface area contributed by atoms with Gasteiger partial charge in [-0.3, -0.25) is 10.1 Å². The quantitative estimate of drug-likeness (QED) is 0.536. The van der Waals surface area contributed by atoms with Crippen LogP contribution in [0.4, 0.5) is 9.52 Å². The van der Waals surface area contributed by atoms with Crippen molar-refractivity contribution in [1.29, 1.82) is 0 Å². The van der Waals surface area contributed by atoms with Gasteiger partial charge in [0.25, 0.3) is 5.91 Å². The number of aromatic nitrogens is 1. The number of para-hydroxylation sites is 1. The first kappa shape index (κ1) is 19.0. The van der Waals surface area contributed by atoms with Crippen molar-refractivity contribution < 1.29 is 13.9 Å². The summed E-state index contributed by atoms with van der Waals surface area (Å²) in [5, 5.41) is 3.36. The maximum Gasteiger partial charge on any atom is 0.261 e. The maximum atomic E-state index is 13.0. The third kappa shape index (κ3) is 5.37. The fourth-order valence-corrected chi connectivity index (χ4v) is 3.36. The van der Waals surface area contributed by atoms with E-state index in [2.05, 4.69) is 17.2 Å². The van der Waals surface area contributed by atoms with Crippen LogP contribution < -0.4 is 10.1 Å². The number of rotatable bonds is 8. The molecule has 0 spiro atoms. The smallest absolute Gasteiger partial charge is 0.261 e. The van der Waals surface area contributed by atoms with Gasteiger partial charge in [-0.25, -0.2) is 9.37 Å². The van der Waals surface area contributed by atoms with Crippen LogP contribution in [0.5, 0.6) is 5.75 Å². The molecule has 140 valence electrons. The Balaban J connectivity index is 1.65. The van der Waals surface area contributed by atoms with E-state index in [-0.39, 0.29) is 11.7 Å². The number of ether oxygens (including phenoxy) is 1. The molecule has 3 aromatic rings. The molecule has 0 saturated carbocycles. The first-order valence-electron chi connectivity index (χ1n) is 8.88. The van der Waals surface area contributed by atoms with E-state index in [9.17, 15) is 9.18 Å². The Morgan fingerprint density at radius 1 is 1.19 bits per heavy atom. The molecule has 0 radical (unpaired) electrons. The number of hydrogen-bond donors (Lipinski definition) is 1. The van der Waals surface area contributed by atoms with Gasteiger partial charge >= 0.3 is 0 Å². The van der Waals surface area contributed by atoms with E-state index < -0.39 is 0 Å². The molecule has 6 heteroatoms. The summed E-state index contributed by atoms with van der Waals surface area (Å²) < 4.78 is 18.7. The van der Waals surface area contributed by atoms with Gasteiger partial charge in [-0.2, -0.15) is 0 Å². The fourth-order valence-electron chi connectivity index (χ4n) is 2.52. The minimum Gasteiger partial charge on any atom is -0.493 e. The maximum absolute atomic E-state index is 13.0. The van der Waals surface area contributed by atoms with Crippen LogP contribution >= 0.6 is 11.3 Å². The fraction of sp³-hybridized carbons (Fsp3) is 0.238. The number of amides is 1. The van der Waals surface area contributed by atoms with Gasteiger partial charge in [0.1, 0.15) is 11.6 Å². The number of nitrogens with zero attached hydrogens (tertiary/aromatic N) is 1. The molecule has 0 aliphatic carbocycles. The van der Waals surface area contributed by atoms with Gasteiger partial charge in [-0.05, 0) is 36.2 Å². The Kier molecular flexibility index (Phi) is 6.54. The largest absolute Gasteiger partial charge is 0.493 e. The molecule has 1 amide bonds. The Morgan fingerprint density at radius 3 is 2.74 bits per heavy atom. The molecule has 0 fully saturated rings. The molecule has 0 atom stereocenters. The molecule has 4 nitrogen and oxygen atoms in total. The van der Waals surface area contributed by atoms with E-state index in [4.69, 9.17) is 4.74 Å². The molecule has 0 aliphatic heterocycles. The molecule has 3 rings (SSSR count). The van der Waals surface area contributed by atoms with Crippen LogP contribution in [0.3, 0.4) is 0 Å². The van der Waals surface area contributed by atoms with Crippen molar-refractivity contribution in [3.63, 3.8) is 0 Å². The number of unbranched alkanes of at least 4 members (excludes halogenated alkanes) is 1. The Hall–Kier alpha value is -2.73. The highest BCUT2D eigenvalue weighted by Gasteiger charge is 2.14. The van der Waals surface area contributed by atoms with E-state index in [1.54, 1.807) is 30.5 Å². The monoisotopic (exact) mass is 384 g/mol. The average molecular weight is 384 g/mol. The number of thiazole rings is 1. The standard InChI is InChI=1S/C21H21FN2O2S/c1-2-3-12-26-19-7-5-4-6-18(19)20(25)24-21-23-14-17(27-21)13-15-8-10-16(22)11-9-15/h4-11,14H,2-3,12-13H2,1H3,(H,23,24,25). The van der Waals surface area contributed by atoms with Crippen molar-refractivity contribution in [3.05, 3.63) is 76.5 Å².